The van der Waals surface area contributed by atoms with E-state index in [1.165, 1.54) is 57.7 Å². The quantitative estimate of drug-likeness (QED) is 0.312. The first kappa shape index (κ1) is 25.5. The van der Waals surface area contributed by atoms with Gasteiger partial charge in [-0.25, -0.2) is 0 Å². The summed E-state index contributed by atoms with van der Waals surface area (Å²) in [4.78, 5) is 49.5. The van der Waals surface area contributed by atoms with E-state index in [0.717, 1.165) is 0 Å². The predicted molar refractivity (Wildman–Crippen MR) is 131 cm³/mol. The maximum atomic E-state index is 12.8. The molecule has 2 aromatic carbocycles. The number of anilines is 1. The number of carboxylic acids is 1. The van der Waals surface area contributed by atoms with Gasteiger partial charge in [-0.15, -0.1) is 0 Å². The number of aliphatic carboxylic acids is 1. The molecule has 0 aliphatic heterocycles. The Morgan fingerprint density at radius 1 is 0.784 bits per heavy atom. The number of hydrogen-bond donors (Lipinski definition) is 4. The van der Waals surface area contributed by atoms with Crippen LogP contribution in [0.15, 0.2) is 48.6 Å². The van der Waals surface area contributed by atoms with Crippen LogP contribution in [0.25, 0.3) is 0 Å². The highest BCUT2D eigenvalue weighted by atomic mass is 16.5. The minimum Gasteiger partial charge on any atom is -0.493 e. The Bertz CT molecular complexity index is 1230. The third-order valence-corrected chi connectivity index (χ3v) is 6.68. The number of ether oxygens (including phenoxy) is 3. The fraction of sp³-hybridized carbons (Fsp3) is 0.308. The summed E-state index contributed by atoms with van der Waals surface area (Å²) >= 11 is 0. The zero-order valence-electron chi connectivity index (χ0n) is 20.4. The van der Waals surface area contributed by atoms with Gasteiger partial charge in [0.15, 0.2) is 11.5 Å². The number of fused-ring (bicyclic) bond motifs is 2. The molecule has 0 heterocycles. The summed E-state index contributed by atoms with van der Waals surface area (Å²) in [5, 5.41) is 12.2. The second-order valence-electron chi connectivity index (χ2n) is 8.73. The van der Waals surface area contributed by atoms with Gasteiger partial charge in [-0.2, -0.15) is 0 Å². The van der Waals surface area contributed by atoms with Gasteiger partial charge in [-0.3, -0.25) is 30.0 Å². The third-order valence-electron chi connectivity index (χ3n) is 6.68. The summed E-state index contributed by atoms with van der Waals surface area (Å²) in [6, 6.07) is 9.06. The minimum atomic E-state index is -1.02. The summed E-state index contributed by atoms with van der Waals surface area (Å²) < 4.78 is 15.8. The number of amides is 3. The molecule has 37 heavy (non-hydrogen) atoms. The van der Waals surface area contributed by atoms with Crippen LogP contribution in [-0.4, -0.2) is 50.1 Å². The zero-order valence-corrected chi connectivity index (χ0v) is 20.4. The van der Waals surface area contributed by atoms with Gasteiger partial charge in [0.1, 0.15) is 0 Å². The molecular weight excluding hydrogens is 482 g/mol. The lowest BCUT2D eigenvalue weighted by Gasteiger charge is -2.23. The van der Waals surface area contributed by atoms with E-state index in [0.29, 0.717) is 29.4 Å². The molecule has 1 fully saturated rings. The van der Waals surface area contributed by atoms with Crippen molar-refractivity contribution in [1.29, 1.82) is 0 Å². The average Bonchev–Trinajstić information content (AvgIpc) is 3.53. The Morgan fingerprint density at radius 3 is 1.92 bits per heavy atom. The molecule has 4 rings (SSSR count). The molecule has 4 N–H and O–H groups in total. The molecule has 4 atom stereocenters. The van der Waals surface area contributed by atoms with E-state index in [9.17, 15) is 24.3 Å². The third kappa shape index (κ3) is 5.06. The standard InChI is InChI=1S/C26H27N3O8/c1-35-18-11-16(12-19(36-2)22(18)37-3)23(30)27-17-8-6-13(7-9-17)24(31)28-29-25(32)20-14-4-5-15(10-14)21(20)26(33)34/h4-9,11-12,14-15,20-21H,10H2,1-3H3,(H,27,30)(H,28,31)(H,29,32)(H,33,34)/t14-,15-,20+,21-/m0/s1. The number of benzene rings is 2. The Labute approximate surface area is 212 Å². The molecule has 0 saturated heterocycles. The largest absolute Gasteiger partial charge is 0.493 e. The van der Waals surface area contributed by atoms with E-state index in [1.54, 1.807) is 0 Å². The highest BCUT2D eigenvalue weighted by Crippen LogP contribution is 2.48. The van der Waals surface area contributed by atoms with E-state index in [1.807, 2.05) is 12.2 Å². The van der Waals surface area contributed by atoms with Gasteiger partial charge < -0.3 is 24.6 Å². The van der Waals surface area contributed by atoms with E-state index in [-0.39, 0.29) is 23.0 Å². The van der Waals surface area contributed by atoms with Gasteiger partial charge in [0.05, 0.1) is 33.2 Å². The van der Waals surface area contributed by atoms with E-state index >= 15 is 0 Å². The maximum absolute atomic E-state index is 12.8. The van der Waals surface area contributed by atoms with Crippen molar-refractivity contribution >= 4 is 29.4 Å². The molecular formula is C26H27N3O8. The van der Waals surface area contributed by atoms with Crippen LogP contribution in [0.2, 0.25) is 0 Å². The topological polar surface area (TPSA) is 152 Å². The van der Waals surface area contributed by atoms with Crippen LogP contribution in [0.1, 0.15) is 27.1 Å². The molecule has 3 amide bonds. The number of nitrogens with one attached hydrogen (secondary N) is 3. The highest BCUT2D eigenvalue weighted by Gasteiger charge is 2.51. The first-order chi connectivity index (χ1) is 17.8. The van der Waals surface area contributed by atoms with E-state index in [2.05, 4.69) is 16.2 Å². The molecule has 2 aromatic rings. The first-order valence-electron chi connectivity index (χ1n) is 11.5. The molecule has 2 bridgehead atoms. The molecule has 0 aromatic heterocycles. The van der Waals surface area contributed by atoms with Crippen molar-refractivity contribution in [1.82, 2.24) is 10.9 Å². The smallest absolute Gasteiger partial charge is 0.307 e. The van der Waals surface area contributed by atoms with Crippen LogP contribution >= 0.6 is 0 Å². The molecule has 2 aliphatic rings. The van der Waals surface area contributed by atoms with Gasteiger partial charge in [-0.1, -0.05) is 12.2 Å². The van der Waals surface area contributed by atoms with Crippen LogP contribution in [-0.2, 0) is 9.59 Å². The summed E-state index contributed by atoms with van der Waals surface area (Å²) in [6.45, 7) is 0. The van der Waals surface area contributed by atoms with Crippen molar-refractivity contribution in [3.8, 4) is 17.2 Å². The normalized spacial score (nSPS) is 21.2. The van der Waals surface area contributed by atoms with Crippen LogP contribution < -0.4 is 30.4 Å². The Balaban J connectivity index is 1.36. The predicted octanol–water partition coefficient (Wildman–Crippen LogP) is 2.25. The summed E-state index contributed by atoms with van der Waals surface area (Å²) in [7, 11) is 4.36. The van der Waals surface area contributed by atoms with Gasteiger partial charge in [0, 0.05) is 16.8 Å². The van der Waals surface area contributed by atoms with Crippen LogP contribution in [0.4, 0.5) is 5.69 Å². The summed E-state index contributed by atoms with van der Waals surface area (Å²) in [6.07, 6.45) is 4.32. The number of carbonyl (C=O) groups is 4. The van der Waals surface area contributed by atoms with Gasteiger partial charge in [0.2, 0.25) is 11.7 Å². The fourth-order valence-corrected chi connectivity index (χ4v) is 4.91. The molecule has 2 aliphatic carbocycles. The number of hydrazine groups is 1. The molecule has 1 saturated carbocycles. The molecule has 0 spiro atoms. The van der Waals surface area contributed by atoms with E-state index < -0.39 is 35.5 Å². The second-order valence-corrected chi connectivity index (χ2v) is 8.73. The SMILES string of the molecule is COc1cc(C(=O)Nc2ccc(C(=O)NNC(=O)[C@H]3[C@@H](C(=O)O)[C@H]4C=C[C@H]3C4)cc2)cc(OC)c1OC. The lowest BCUT2D eigenvalue weighted by Crippen LogP contribution is -2.48. The van der Waals surface area contributed by atoms with Crippen LogP contribution in [0, 0.1) is 23.7 Å². The fourth-order valence-electron chi connectivity index (χ4n) is 4.91. The minimum absolute atomic E-state index is 0.156. The Hall–Kier alpha value is -4.54. The number of carboxylic acid groups (broad SMARTS) is 1. The van der Waals surface area contributed by atoms with Gasteiger partial charge in [-0.05, 0) is 54.7 Å². The number of methoxy groups -OCH3 is 3. The summed E-state index contributed by atoms with van der Waals surface area (Å²) in [5.41, 5.74) is 5.62. The number of allylic oxidation sites excluding steroid dienone is 2. The first-order valence-corrected chi connectivity index (χ1v) is 11.5. The molecule has 0 radical (unpaired) electrons. The lowest BCUT2D eigenvalue weighted by atomic mass is 9.82. The average molecular weight is 510 g/mol. The Morgan fingerprint density at radius 2 is 1.38 bits per heavy atom. The maximum Gasteiger partial charge on any atom is 0.307 e. The van der Waals surface area contributed by atoms with Crippen molar-refractivity contribution in [3.63, 3.8) is 0 Å². The summed E-state index contributed by atoms with van der Waals surface area (Å²) in [5.74, 6) is -3.42. The van der Waals surface area contributed by atoms with Crippen molar-refractivity contribution in [2.75, 3.05) is 26.6 Å². The van der Waals surface area contributed by atoms with Crippen LogP contribution in [0.3, 0.4) is 0 Å². The van der Waals surface area contributed by atoms with Crippen LogP contribution in [0.5, 0.6) is 17.2 Å². The van der Waals surface area contributed by atoms with Crippen molar-refractivity contribution < 1.29 is 38.5 Å². The van der Waals surface area contributed by atoms with Gasteiger partial charge in [0.25, 0.3) is 11.8 Å². The zero-order chi connectivity index (χ0) is 26.7. The number of hydrogen-bond acceptors (Lipinski definition) is 7. The lowest BCUT2D eigenvalue weighted by molar-refractivity contribution is -0.148. The number of carbonyl (C=O) groups excluding carboxylic acids is 3. The van der Waals surface area contributed by atoms with E-state index in [4.69, 9.17) is 14.2 Å². The molecule has 11 nitrogen and oxygen atoms in total. The van der Waals surface area contributed by atoms with Crippen molar-refractivity contribution in [2.45, 2.75) is 6.42 Å². The highest BCUT2D eigenvalue weighted by molar-refractivity contribution is 6.05. The van der Waals surface area contributed by atoms with Crippen molar-refractivity contribution in [2.24, 2.45) is 23.7 Å². The molecule has 11 heteroatoms. The molecule has 194 valence electrons. The number of rotatable bonds is 8. The Kier molecular flexibility index (Phi) is 7.32. The van der Waals surface area contributed by atoms with Crippen molar-refractivity contribution in [3.05, 3.63) is 59.7 Å². The van der Waals surface area contributed by atoms with Gasteiger partial charge >= 0.3 is 5.97 Å². The monoisotopic (exact) mass is 509 g/mol. The molecule has 0 unspecified atom stereocenters. The second kappa shape index (κ2) is 10.6.